The molecule has 0 aliphatic rings. The van der Waals surface area contributed by atoms with Crippen LogP contribution in [0.25, 0.3) is 0 Å². The third-order valence-corrected chi connectivity index (χ3v) is 0. The van der Waals surface area contributed by atoms with Crippen LogP contribution in [-0.4, -0.2) is 288 Å². The molecule has 0 atom stereocenters. The summed E-state index contributed by atoms with van der Waals surface area (Å²) in [6, 6.07) is 0. The van der Waals surface area contributed by atoms with Gasteiger partial charge in [-0.15, -0.1) is 0 Å². The Labute approximate surface area is 386 Å². The minimum atomic E-state index is -4.67. The van der Waals surface area contributed by atoms with E-state index < -0.39 is 104 Å². The molecule has 40 nitrogen and oxygen atoms in total. The molecular formula is H26Ca3O40S10. The Morgan fingerprint density at radius 3 is 0.132 bits per heavy atom. The molecule has 0 spiro atoms. The zero-order chi connectivity index (χ0) is 45.0. The molecule has 0 radical (unpaired) electrons. The van der Waals surface area contributed by atoms with E-state index in [0.29, 0.717) is 0 Å². The van der Waals surface area contributed by atoms with Gasteiger partial charge in [0.1, 0.15) is 0 Å². The summed E-state index contributed by atoms with van der Waals surface area (Å²) < 4.78 is 316. The molecular weight excluding hydrogens is 1080 g/mol. The summed E-state index contributed by atoms with van der Waals surface area (Å²) >= 11 is 0. The van der Waals surface area contributed by atoms with Gasteiger partial charge in [-0.25, -0.2) is 0 Å². The van der Waals surface area contributed by atoms with Crippen LogP contribution in [0.5, 0.6) is 0 Å². The van der Waals surface area contributed by atoms with Gasteiger partial charge in [0.15, 0.2) is 0 Å². The second kappa shape index (κ2) is 39.9. The van der Waals surface area contributed by atoms with Crippen LogP contribution < -0.4 is 0 Å². The van der Waals surface area contributed by atoms with Crippen LogP contribution in [0, 0.1) is 0 Å². The topological polar surface area (TPSA) is 746 Å². The summed E-state index contributed by atoms with van der Waals surface area (Å²) in [5.74, 6) is 0. The SMILES string of the molecule is O=S(=O)(O)O.O=S(=O)(O)O.O=S(=O)(O)O.O=S(=O)(O)O.O=S(=O)(O)O.O=S(=O)(O)O.O=S(=O)(O)O.O=S(=O)(O)O.O=S(=O)(O)O.O=S(=O)(O)O.[CaH2].[CaH2].[CaH2]. The molecule has 0 saturated carbocycles. The van der Waals surface area contributed by atoms with Crippen molar-refractivity contribution in [3.63, 3.8) is 0 Å². The number of hydrogen-bond acceptors (Lipinski definition) is 20. The Balaban J connectivity index is -0.0000000303. The van der Waals surface area contributed by atoms with Gasteiger partial charge in [-0.1, -0.05) is 0 Å². The zero-order valence-corrected chi connectivity index (χ0v) is 29.4. The molecule has 53 heavy (non-hydrogen) atoms. The summed E-state index contributed by atoms with van der Waals surface area (Å²) in [6.07, 6.45) is 0. The molecule has 0 aromatic heterocycles. The second-order valence-corrected chi connectivity index (χ2v) is 13.4. The van der Waals surface area contributed by atoms with Gasteiger partial charge in [0, 0.05) is 0 Å². The molecule has 0 aliphatic carbocycles. The molecule has 0 saturated heterocycles. The van der Waals surface area contributed by atoms with Crippen LogP contribution in [0.2, 0.25) is 0 Å². The molecule has 0 fully saturated rings. The Kier molecular flexibility index (Phi) is 68.7. The fourth-order valence-corrected chi connectivity index (χ4v) is 0. The first-order valence-corrected chi connectivity index (χ1v) is 21.0. The van der Waals surface area contributed by atoms with Gasteiger partial charge in [0.25, 0.3) is 0 Å². The molecule has 0 heterocycles. The third-order valence-electron chi connectivity index (χ3n) is 0. The summed E-state index contributed by atoms with van der Waals surface area (Å²) in [7, 11) is -46.7. The molecule has 20 N–H and O–H groups in total. The van der Waals surface area contributed by atoms with E-state index in [2.05, 4.69) is 0 Å². The van der Waals surface area contributed by atoms with Crippen molar-refractivity contribution < 1.29 is 175 Å². The summed E-state index contributed by atoms with van der Waals surface area (Å²) in [5.41, 5.74) is 0. The van der Waals surface area contributed by atoms with Crippen molar-refractivity contribution in [1.82, 2.24) is 0 Å². The normalized spacial score (nSPS) is 10.9. The van der Waals surface area contributed by atoms with E-state index in [9.17, 15) is 0 Å². The summed E-state index contributed by atoms with van der Waals surface area (Å²) in [6.45, 7) is 0. The van der Waals surface area contributed by atoms with E-state index in [0.717, 1.165) is 0 Å². The molecule has 0 aromatic rings. The van der Waals surface area contributed by atoms with Gasteiger partial charge in [-0.2, -0.15) is 84.2 Å². The molecule has 332 valence electrons. The van der Waals surface area contributed by atoms with E-state index >= 15 is 0 Å². The molecule has 0 rings (SSSR count). The van der Waals surface area contributed by atoms with Crippen LogP contribution in [-0.2, 0) is 104 Å². The van der Waals surface area contributed by atoms with Crippen molar-refractivity contribution >= 4 is 217 Å². The van der Waals surface area contributed by atoms with Crippen LogP contribution in [0.15, 0.2) is 0 Å². The van der Waals surface area contributed by atoms with Crippen molar-refractivity contribution in [2.24, 2.45) is 0 Å². The quantitative estimate of drug-likeness (QED) is 0.0791. The Morgan fingerprint density at radius 1 is 0.132 bits per heavy atom. The van der Waals surface area contributed by atoms with Gasteiger partial charge in [-0.3, -0.25) is 91.1 Å². The average molecular weight is 1110 g/mol. The van der Waals surface area contributed by atoms with E-state index in [-0.39, 0.29) is 113 Å². The molecule has 53 heteroatoms. The molecule has 0 unspecified atom stereocenters. The molecule has 0 amide bonds. The fraction of sp³-hybridized carbons (Fsp3) is 0. The van der Waals surface area contributed by atoms with Crippen molar-refractivity contribution in [1.29, 1.82) is 0 Å². The van der Waals surface area contributed by atoms with Gasteiger partial charge in [0.05, 0.1) is 0 Å². The van der Waals surface area contributed by atoms with Crippen LogP contribution in [0.1, 0.15) is 0 Å². The molecule has 0 aromatic carbocycles. The van der Waals surface area contributed by atoms with Gasteiger partial charge < -0.3 is 0 Å². The molecule has 0 bridgehead atoms. The maximum absolute atomic E-state index is 8.74. The van der Waals surface area contributed by atoms with Crippen LogP contribution in [0.3, 0.4) is 0 Å². The average Bonchev–Trinajstić information content (AvgIpc) is 2.34. The van der Waals surface area contributed by atoms with Crippen LogP contribution >= 0.6 is 0 Å². The maximum atomic E-state index is 8.74. The van der Waals surface area contributed by atoms with Gasteiger partial charge in [-0.05, 0) is 0 Å². The predicted molar refractivity (Wildman–Crippen MR) is 167 cm³/mol. The van der Waals surface area contributed by atoms with E-state index in [1.807, 2.05) is 0 Å². The number of hydrogen-bond donors (Lipinski definition) is 20. The second-order valence-electron chi connectivity index (χ2n) is 4.48. The van der Waals surface area contributed by atoms with Crippen LogP contribution in [0.4, 0.5) is 0 Å². The first-order valence-electron chi connectivity index (χ1n) is 6.98. The number of rotatable bonds is 0. The van der Waals surface area contributed by atoms with Crippen molar-refractivity contribution in [3.05, 3.63) is 0 Å². The Morgan fingerprint density at radius 2 is 0.132 bits per heavy atom. The fourth-order valence-electron chi connectivity index (χ4n) is 0. The zero-order valence-electron chi connectivity index (χ0n) is 21.2. The Hall–Kier alpha value is 2.48. The van der Waals surface area contributed by atoms with Crippen molar-refractivity contribution in [2.75, 3.05) is 0 Å². The monoisotopic (exact) mass is 1110 g/mol. The van der Waals surface area contributed by atoms with E-state index in [1.54, 1.807) is 0 Å². The van der Waals surface area contributed by atoms with Gasteiger partial charge in [0.2, 0.25) is 0 Å². The van der Waals surface area contributed by atoms with E-state index in [1.165, 1.54) is 0 Å². The molecule has 0 aliphatic heterocycles. The van der Waals surface area contributed by atoms with Crippen molar-refractivity contribution in [3.8, 4) is 0 Å². The first kappa shape index (κ1) is 91.3. The minimum absolute atomic E-state index is 0. The summed E-state index contributed by atoms with van der Waals surface area (Å²) in [4.78, 5) is 0. The Bertz CT molecular complexity index is 1380. The van der Waals surface area contributed by atoms with Crippen molar-refractivity contribution in [2.45, 2.75) is 0 Å². The first-order chi connectivity index (χ1) is 20.0. The van der Waals surface area contributed by atoms with Gasteiger partial charge >= 0.3 is 217 Å². The summed E-state index contributed by atoms with van der Waals surface area (Å²) in [5, 5.41) is 0. The third kappa shape index (κ3) is 24400. The van der Waals surface area contributed by atoms with E-state index in [4.69, 9.17) is 175 Å². The predicted octanol–water partition coefficient (Wildman–Crippen LogP) is -9.28. The standard InChI is InChI=1S/3Ca.10H2O4S.6H/c;;;10*1-5(2,3)4;;;;;;/h;;;10*(H2,1,2,3,4);;;;;;.